The molecule has 3 aromatic heterocycles. The number of aromatic nitrogens is 5. The molecule has 11 heteroatoms. The lowest BCUT2D eigenvalue weighted by Gasteiger charge is -2.30. The monoisotopic (exact) mass is 538 g/mol. The summed E-state index contributed by atoms with van der Waals surface area (Å²) in [6.07, 6.45) is 8.44. The number of benzene rings is 1. The fourth-order valence-electron chi connectivity index (χ4n) is 4.70. The molecule has 0 bridgehead atoms. The maximum Gasteiger partial charge on any atom is 0.162 e. The van der Waals surface area contributed by atoms with E-state index in [2.05, 4.69) is 30.9 Å². The van der Waals surface area contributed by atoms with Crippen LogP contribution in [0.3, 0.4) is 0 Å². The smallest absolute Gasteiger partial charge is 0.162 e. The van der Waals surface area contributed by atoms with Crippen LogP contribution < -0.4 is 5.73 Å². The summed E-state index contributed by atoms with van der Waals surface area (Å²) < 4.78 is 24.5. The van der Waals surface area contributed by atoms with Gasteiger partial charge in [0.25, 0.3) is 0 Å². The normalized spacial score (nSPS) is 19.9. The molecule has 0 saturated carbocycles. The fourth-order valence-corrected chi connectivity index (χ4v) is 5.21. The number of halogens is 2. The number of nitrogens with zero attached hydrogens (tertiary/aromatic N) is 7. The van der Waals surface area contributed by atoms with Gasteiger partial charge < -0.3 is 15.4 Å². The minimum absolute atomic E-state index is 0.0481. The minimum Gasteiger partial charge on any atom is -0.358 e. The highest BCUT2D eigenvalue weighted by Crippen LogP contribution is 2.35. The number of pyridine rings is 1. The molecule has 4 aromatic rings. The summed E-state index contributed by atoms with van der Waals surface area (Å²) in [4.78, 5) is 20.4. The number of hydrogen-bond donors (Lipinski definition) is 1. The second-order valence-corrected chi connectivity index (χ2v) is 9.43. The van der Waals surface area contributed by atoms with E-state index in [4.69, 9.17) is 15.5 Å². The van der Waals surface area contributed by atoms with Crippen molar-refractivity contribution in [2.75, 3.05) is 13.2 Å². The Morgan fingerprint density at radius 1 is 1.17 bits per heavy atom. The summed E-state index contributed by atoms with van der Waals surface area (Å²) in [5.74, 6) is 1.82. The molecule has 0 amide bonds. The first-order chi connectivity index (χ1) is 17.1. The Kier molecular flexibility index (Phi) is 5.83. The molecule has 2 aliphatic rings. The Bertz CT molecular complexity index is 1400. The van der Waals surface area contributed by atoms with E-state index >= 15 is 0 Å². The van der Waals surface area contributed by atoms with Gasteiger partial charge in [-0.25, -0.2) is 24.3 Å². The first-order valence-electron chi connectivity index (χ1n) is 11.6. The van der Waals surface area contributed by atoms with E-state index in [1.54, 1.807) is 24.9 Å². The number of fused-ring (bicyclic) bond motifs is 2. The van der Waals surface area contributed by atoms with Crippen LogP contribution >= 0.6 is 15.9 Å². The lowest BCUT2D eigenvalue weighted by atomic mass is 10.2. The highest BCUT2D eigenvalue weighted by molar-refractivity contribution is 9.10. The molecule has 6 rings (SSSR count). The first-order valence-corrected chi connectivity index (χ1v) is 12.4. The van der Waals surface area contributed by atoms with Crippen molar-refractivity contribution in [2.45, 2.75) is 38.1 Å². The van der Waals surface area contributed by atoms with Crippen LogP contribution in [-0.2, 0) is 11.2 Å². The Hall–Kier alpha value is -3.15. The second kappa shape index (κ2) is 9.14. The molecule has 1 unspecified atom stereocenters. The summed E-state index contributed by atoms with van der Waals surface area (Å²) in [6.45, 7) is 1.30. The Morgan fingerprint density at radius 2 is 2.09 bits per heavy atom. The van der Waals surface area contributed by atoms with E-state index < -0.39 is 6.17 Å². The summed E-state index contributed by atoms with van der Waals surface area (Å²) in [7, 11) is 0. The van der Waals surface area contributed by atoms with Crippen LogP contribution in [0.15, 0.2) is 52.3 Å². The summed E-state index contributed by atoms with van der Waals surface area (Å²) in [5.41, 5.74) is 8.64. The molecule has 35 heavy (non-hydrogen) atoms. The lowest BCUT2D eigenvalue weighted by molar-refractivity contribution is -0.0310. The molecule has 2 aliphatic heterocycles. The molecule has 1 aromatic carbocycles. The lowest BCUT2D eigenvalue weighted by Crippen LogP contribution is -2.37. The molecule has 5 heterocycles. The van der Waals surface area contributed by atoms with E-state index in [0.717, 1.165) is 43.2 Å². The van der Waals surface area contributed by atoms with Gasteiger partial charge in [0.15, 0.2) is 5.82 Å². The van der Waals surface area contributed by atoms with Crippen molar-refractivity contribution in [3.63, 3.8) is 0 Å². The number of aliphatic imine (C=N–C) groups is 1. The predicted molar refractivity (Wildman–Crippen MR) is 133 cm³/mol. The van der Waals surface area contributed by atoms with Gasteiger partial charge in [0.2, 0.25) is 0 Å². The fraction of sp³-hybridized carbons (Fsp3) is 0.333. The van der Waals surface area contributed by atoms with Gasteiger partial charge in [0.1, 0.15) is 35.5 Å². The molecule has 0 aliphatic carbocycles. The molecule has 1 saturated heterocycles. The quantitative estimate of drug-likeness (QED) is 0.404. The first kappa shape index (κ1) is 22.3. The Labute approximate surface area is 209 Å². The number of hydrogen-bond acceptors (Lipinski definition) is 7. The van der Waals surface area contributed by atoms with Gasteiger partial charge in [0.05, 0.1) is 28.2 Å². The summed E-state index contributed by atoms with van der Waals surface area (Å²) in [6, 6.07) is 8.70. The van der Waals surface area contributed by atoms with Crippen molar-refractivity contribution >= 4 is 39.1 Å². The van der Waals surface area contributed by atoms with Crippen molar-refractivity contribution in [1.82, 2.24) is 29.0 Å². The standard InChI is InChI=1S/C24H24BrFN8O/c25-20-15(26)7-8-16-22(20)34(17-5-1-3-10-28-17)18(31-16)9-11-32-13-30-24-21(23(32)27)29-14-33(24)19-6-2-4-12-35-19/h1,3,5,7-8,10,13-14,19,23H,2,4,6,9,11-12,27H2/t19-,23?/m0/s1. The van der Waals surface area contributed by atoms with Crippen LogP contribution in [0.1, 0.15) is 43.2 Å². The van der Waals surface area contributed by atoms with E-state index in [-0.39, 0.29) is 12.0 Å². The second-order valence-electron chi connectivity index (χ2n) is 8.64. The molecule has 0 spiro atoms. The van der Waals surface area contributed by atoms with Crippen LogP contribution in [0.2, 0.25) is 0 Å². The van der Waals surface area contributed by atoms with Gasteiger partial charge in [-0.3, -0.25) is 9.13 Å². The molecule has 9 nitrogen and oxygen atoms in total. The zero-order valence-electron chi connectivity index (χ0n) is 18.9. The SMILES string of the molecule is NC1c2ncn([C@@H]3CCCCO3)c2N=CN1CCc1nc2ccc(F)c(Br)c2n1-c1ccccn1. The molecule has 2 atom stereocenters. The van der Waals surface area contributed by atoms with Crippen LogP contribution in [-0.4, -0.2) is 48.5 Å². The van der Waals surface area contributed by atoms with Gasteiger partial charge >= 0.3 is 0 Å². The summed E-state index contributed by atoms with van der Waals surface area (Å²) >= 11 is 3.40. The number of nitrogens with two attached hydrogens (primary N) is 1. The topological polar surface area (TPSA) is 99.4 Å². The van der Waals surface area contributed by atoms with Crippen molar-refractivity contribution in [2.24, 2.45) is 10.7 Å². The van der Waals surface area contributed by atoms with E-state index in [1.807, 2.05) is 32.2 Å². The third-order valence-electron chi connectivity index (χ3n) is 6.48. The maximum absolute atomic E-state index is 14.4. The highest BCUT2D eigenvalue weighted by atomic mass is 79.9. The largest absolute Gasteiger partial charge is 0.358 e. The van der Waals surface area contributed by atoms with Gasteiger partial charge in [-0.1, -0.05) is 6.07 Å². The van der Waals surface area contributed by atoms with Crippen molar-refractivity contribution in [3.05, 3.63) is 64.7 Å². The number of imidazole rings is 2. The Balaban J connectivity index is 1.29. The van der Waals surface area contributed by atoms with Gasteiger partial charge in [-0.2, -0.15) is 0 Å². The van der Waals surface area contributed by atoms with Crippen LogP contribution in [0.25, 0.3) is 16.9 Å². The van der Waals surface area contributed by atoms with Crippen molar-refractivity contribution < 1.29 is 9.13 Å². The maximum atomic E-state index is 14.4. The average Bonchev–Trinajstić information content (AvgIpc) is 3.49. The number of ether oxygens (including phenoxy) is 1. The predicted octanol–water partition coefficient (Wildman–Crippen LogP) is 4.39. The molecular formula is C24H24BrFN8O. The zero-order chi connectivity index (χ0) is 23.9. The van der Waals surface area contributed by atoms with E-state index in [1.165, 1.54) is 6.07 Å². The molecular weight excluding hydrogens is 515 g/mol. The molecule has 0 radical (unpaired) electrons. The van der Waals surface area contributed by atoms with Gasteiger partial charge in [-0.15, -0.1) is 0 Å². The van der Waals surface area contributed by atoms with Crippen LogP contribution in [0.4, 0.5) is 10.2 Å². The van der Waals surface area contributed by atoms with Gasteiger partial charge in [0, 0.05) is 25.8 Å². The third kappa shape index (κ3) is 3.93. The zero-order valence-corrected chi connectivity index (χ0v) is 20.5. The molecule has 180 valence electrons. The number of rotatable bonds is 5. The third-order valence-corrected chi connectivity index (χ3v) is 7.23. The van der Waals surface area contributed by atoms with Gasteiger partial charge in [-0.05, 0) is 59.5 Å². The highest BCUT2D eigenvalue weighted by Gasteiger charge is 2.29. The average molecular weight is 539 g/mol. The van der Waals surface area contributed by atoms with E-state index in [0.29, 0.717) is 34.3 Å². The van der Waals surface area contributed by atoms with Crippen molar-refractivity contribution in [3.8, 4) is 5.82 Å². The molecule has 2 N–H and O–H groups in total. The minimum atomic E-state index is -0.441. The summed E-state index contributed by atoms with van der Waals surface area (Å²) in [5, 5.41) is 0. The van der Waals surface area contributed by atoms with E-state index in [9.17, 15) is 4.39 Å². The van der Waals surface area contributed by atoms with Crippen molar-refractivity contribution in [1.29, 1.82) is 0 Å². The van der Waals surface area contributed by atoms with Crippen LogP contribution in [0, 0.1) is 5.82 Å². The molecule has 1 fully saturated rings. The van der Waals surface area contributed by atoms with Crippen LogP contribution in [0.5, 0.6) is 0 Å². The Morgan fingerprint density at radius 3 is 2.89 bits per heavy atom.